The number of aliphatic imine (C=N–C) groups is 1. The molecule has 8 heteroatoms. The predicted octanol–water partition coefficient (Wildman–Crippen LogP) is 2.57. The molecule has 0 amide bonds. The monoisotopic (exact) mass is 319 g/mol. The largest absolute Gasteiger partial charge is 0.285 e. The number of nitrogens with zero attached hydrogens (tertiary/aromatic N) is 4. The fourth-order valence-electron chi connectivity index (χ4n) is 2.19. The smallest absolute Gasteiger partial charge is 0.250 e. The van der Waals surface area contributed by atoms with Crippen LogP contribution in [0, 0.1) is 5.92 Å². The van der Waals surface area contributed by atoms with Crippen LogP contribution < -0.4 is 4.72 Å². The van der Waals surface area contributed by atoms with Crippen LogP contribution in [-0.2, 0) is 0 Å². The number of nitrogens with one attached hydrogen (secondary N) is 1. The third-order valence-electron chi connectivity index (χ3n) is 3.62. The molecule has 0 aromatic heterocycles. The van der Waals surface area contributed by atoms with Gasteiger partial charge in [0, 0.05) is 56.7 Å². The Hall–Kier alpha value is -0.890. The summed E-state index contributed by atoms with van der Waals surface area (Å²) in [6.45, 7) is 6.33. The number of hydrogen-bond acceptors (Lipinski definition) is 4. The van der Waals surface area contributed by atoms with Crippen molar-refractivity contribution in [1.82, 2.24) is 14.0 Å². The van der Waals surface area contributed by atoms with Gasteiger partial charge in [0.1, 0.15) is 0 Å². The quantitative estimate of drug-likeness (QED) is 0.491. The number of rotatable bonds is 4. The van der Waals surface area contributed by atoms with Crippen LogP contribution in [0.4, 0.5) is 8.78 Å². The lowest BCUT2D eigenvalue weighted by atomic mass is 10.1. The molecule has 0 aromatic carbocycles. The van der Waals surface area contributed by atoms with Gasteiger partial charge in [-0.2, -0.15) is 5.10 Å². The average molecular weight is 319 g/mol. The lowest BCUT2D eigenvalue weighted by Crippen LogP contribution is -2.40. The van der Waals surface area contributed by atoms with E-state index >= 15 is 0 Å². The van der Waals surface area contributed by atoms with E-state index in [1.807, 2.05) is 22.5 Å². The Labute approximate surface area is 129 Å². The van der Waals surface area contributed by atoms with E-state index in [9.17, 15) is 8.78 Å². The number of hydrogen-bond donors (Lipinski definition) is 1. The fraction of sp³-hybridized carbons (Fsp3) is 0.846. The van der Waals surface area contributed by atoms with Crippen LogP contribution in [0.2, 0.25) is 0 Å². The highest BCUT2D eigenvalue weighted by Crippen LogP contribution is 2.29. The summed E-state index contributed by atoms with van der Waals surface area (Å²) in [5, 5.41) is 6.21. The summed E-state index contributed by atoms with van der Waals surface area (Å²) in [5.74, 6) is -1.36. The number of halogens is 2. The van der Waals surface area contributed by atoms with E-state index in [-0.39, 0.29) is 12.8 Å². The topological polar surface area (TPSA) is 43.2 Å². The Morgan fingerprint density at radius 3 is 2.71 bits per heavy atom. The molecule has 0 saturated carbocycles. The van der Waals surface area contributed by atoms with Crippen molar-refractivity contribution in [3.63, 3.8) is 0 Å². The number of piperidine rings is 1. The molecule has 1 N–H and O–H groups in total. The van der Waals surface area contributed by atoms with Gasteiger partial charge in [-0.3, -0.25) is 9.71 Å². The van der Waals surface area contributed by atoms with Crippen LogP contribution in [0.25, 0.3) is 0 Å². The molecule has 2 rings (SSSR count). The molecular formula is C13H23F2N5S. The maximum atomic E-state index is 13.1. The number of guanidine groups is 1. The first-order valence-corrected chi connectivity index (χ1v) is 8.23. The molecule has 0 spiro atoms. The molecule has 2 aliphatic rings. The van der Waals surface area contributed by atoms with Crippen LogP contribution >= 0.6 is 12.1 Å². The maximum absolute atomic E-state index is 13.1. The highest BCUT2D eigenvalue weighted by atomic mass is 32.2. The first kappa shape index (κ1) is 16.5. The van der Waals surface area contributed by atoms with Crippen LogP contribution in [0.1, 0.15) is 33.1 Å². The van der Waals surface area contributed by atoms with Gasteiger partial charge in [-0.05, 0) is 13.3 Å². The van der Waals surface area contributed by atoms with Gasteiger partial charge in [0.2, 0.25) is 5.96 Å². The van der Waals surface area contributed by atoms with E-state index in [4.69, 9.17) is 0 Å². The average Bonchev–Trinajstić information content (AvgIpc) is 2.93. The van der Waals surface area contributed by atoms with Gasteiger partial charge in [-0.15, -0.1) is 0 Å². The van der Waals surface area contributed by atoms with E-state index in [2.05, 4.69) is 21.7 Å². The van der Waals surface area contributed by atoms with E-state index < -0.39 is 5.92 Å². The summed E-state index contributed by atoms with van der Waals surface area (Å²) in [4.78, 5) is 4.41. The maximum Gasteiger partial charge on any atom is 0.250 e. The first-order valence-electron chi connectivity index (χ1n) is 7.46. The number of hydrazone groups is 1. The zero-order chi connectivity index (χ0) is 15.3. The zero-order valence-electron chi connectivity index (χ0n) is 12.6. The van der Waals surface area contributed by atoms with Crippen LogP contribution in [0.5, 0.6) is 0 Å². The normalized spacial score (nSPS) is 26.4. The van der Waals surface area contributed by atoms with Crippen molar-refractivity contribution < 1.29 is 8.78 Å². The summed E-state index contributed by atoms with van der Waals surface area (Å²) < 4.78 is 31.3. The molecule has 5 nitrogen and oxygen atoms in total. The van der Waals surface area contributed by atoms with Crippen molar-refractivity contribution >= 4 is 24.3 Å². The minimum Gasteiger partial charge on any atom is -0.285 e. The molecule has 0 radical (unpaired) electrons. The van der Waals surface area contributed by atoms with Crippen LogP contribution in [-0.4, -0.2) is 53.6 Å². The Kier molecular flexibility index (Phi) is 5.80. The van der Waals surface area contributed by atoms with Gasteiger partial charge < -0.3 is 0 Å². The van der Waals surface area contributed by atoms with Crippen molar-refractivity contribution in [2.45, 2.75) is 39.0 Å². The highest BCUT2D eigenvalue weighted by Gasteiger charge is 2.34. The molecule has 1 unspecified atom stereocenters. The van der Waals surface area contributed by atoms with Crippen molar-refractivity contribution in [2.24, 2.45) is 16.0 Å². The molecule has 0 bridgehead atoms. The summed E-state index contributed by atoms with van der Waals surface area (Å²) >= 11 is 1.35. The molecule has 1 saturated heterocycles. The van der Waals surface area contributed by atoms with E-state index in [0.29, 0.717) is 31.5 Å². The summed E-state index contributed by atoms with van der Waals surface area (Å²) in [7, 11) is 0. The summed E-state index contributed by atoms with van der Waals surface area (Å²) in [6, 6.07) is 0. The van der Waals surface area contributed by atoms with Gasteiger partial charge in [0.05, 0.1) is 6.54 Å². The fourth-order valence-corrected chi connectivity index (χ4v) is 2.94. The standard InChI is InChI=1S/C13H23F2N5S/c1-3-11-9-17-20(10-11)12(16-4-2)18-21-19-7-5-13(14,15)6-8-19/h9,11H,3-8,10H2,1-2H3,(H,16,18). The first-order chi connectivity index (χ1) is 10.0. The van der Waals surface area contributed by atoms with Crippen molar-refractivity contribution in [2.75, 3.05) is 26.2 Å². The number of alkyl halides is 2. The molecule has 2 heterocycles. The van der Waals surface area contributed by atoms with Crippen molar-refractivity contribution in [3.05, 3.63) is 0 Å². The molecular weight excluding hydrogens is 296 g/mol. The SMILES string of the molecule is CCN=C(NSN1CCC(F)(F)CC1)N1CC(CC)C=N1. The Morgan fingerprint density at radius 2 is 2.14 bits per heavy atom. The molecule has 0 aliphatic carbocycles. The van der Waals surface area contributed by atoms with Crippen molar-refractivity contribution in [1.29, 1.82) is 0 Å². The third-order valence-corrected chi connectivity index (χ3v) is 4.52. The van der Waals surface area contributed by atoms with E-state index in [1.165, 1.54) is 12.1 Å². The van der Waals surface area contributed by atoms with Crippen LogP contribution in [0.3, 0.4) is 0 Å². The van der Waals surface area contributed by atoms with Gasteiger partial charge in [-0.25, -0.2) is 18.1 Å². The van der Waals surface area contributed by atoms with Gasteiger partial charge in [-0.1, -0.05) is 6.92 Å². The minimum atomic E-state index is -2.51. The van der Waals surface area contributed by atoms with E-state index in [1.54, 1.807) is 0 Å². The Bertz CT molecular complexity index is 392. The highest BCUT2D eigenvalue weighted by molar-refractivity contribution is 7.95. The molecule has 1 fully saturated rings. The molecule has 120 valence electrons. The molecule has 21 heavy (non-hydrogen) atoms. The minimum absolute atomic E-state index is 0.0816. The molecule has 2 aliphatic heterocycles. The van der Waals surface area contributed by atoms with Gasteiger partial charge >= 0.3 is 0 Å². The second-order valence-electron chi connectivity index (χ2n) is 5.29. The Morgan fingerprint density at radius 1 is 1.43 bits per heavy atom. The lowest BCUT2D eigenvalue weighted by Gasteiger charge is -2.31. The molecule has 1 atom stereocenters. The lowest BCUT2D eigenvalue weighted by molar-refractivity contribution is -0.0399. The zero-order valence-corrected chi connectivity index (χ0v) is 13.4. The second-order valence-corrected chi connectivity index (χ2v) is 6.19. The second kappa shape index (κ2) is 7.40. The Balaban J connectivity index is 1.82. The summed E-state index contributed by atoms with van der Waals surface area (Å²) in [6.07, 6.45) is 2.83. The van der Waals surface area contributed by atoms with Gasteiger partial charge in [0.25, 0.3) is 5.92 Å². The van der Waals surface area contributed by atoms with Crippen LogP contribution in [0.15, 0.2) is 10.1 Å². The van der Waals surface area contributed by atoms with Gasteiger partial charge in [0.15, 0.2) is 0 Å². The molecule has 0 aromatic rings. The van der Waals surface area contributed by atoms with E-state index in [0.717, 1.165) is 13.0 Å². The van der Waals surface area contributed by atoms with Crippen molar-refractivity contribution in [3.8, 4) is 0 Å². The third kappa shape index (κ3) is 4.81. The summed E-state index contributed by atoms with van der Waals surface area (Å²) in [5.41, 5.74) is 0. The predicted molar refractivity (Wildman–Crippen MR) is 83.4 cm³/mol.